The normalized spacial score (nSPS) is 11.6. The predicted molar refractivity (Wildman–Crippen MR) is 218 cm³/mol. The van der Waals surface area contributed by atoms with Crippen LogP contribution in [0, 0.1) is 0 Å². The molecule has 1 heterocycles. The molecule has 0 radical (unpaired) electrons. The van der Waals surface area contributed by atoms with Crippen molar-refractivity contribution in [2.45, 2.75) is 0 Å². The number of hydrogen-bond donors (Lipinski definition) is 0. The van der Waals surface area contributed by atoms with Gasteiger partial charge in [-0.05, 0) is 110 Å². The molecular weight excluding hydrogens is 631 g/mol. The summed E-state index contributed by atoms with van der Waals surface area (Å²) in [4.78, 5) is 2.38. The molecule has 244 valence electrons. The van der Waals surface area contributed by atoms with E-state index in [1.807, 2.05) is 0 Å². The monoisotopic (exact) mass is 663 g/mol. The largest absolute Gasteiger partial charge is 0.456 e. The summed E-state index contributed by atoms with van der Waals surface area (Å²) in [5.41, 5.74) is 12.3. The van der Waals surface area contributed by atoms with Crippen LogP contribution in [0.1, 0.15) is 0 Å². The zero-order valence-electron chi connectivity index (χ0n) is 28.4. The Morgan fingerprint density at radius 3 is 1.62 bits per heavy atom. The van der Waals surface area contributed by atoms with Crippen molar-refractivity contribution < 1.29 is 4.74 Å². The highest BCUT2D eigenvalue weighted by Gasteiger charge is 2.27. The maximum absolute atomic E-state index is 7.02. The van der Waals surface area contributed by atoms with E-state index in [2.05, 4.69) is 205 Å². The van der Waals surface area contributed by atoms with Gasteiger partial charge in [-0.25, -0.2) is 0 Å². The van der Waals surface area contributed by atoms with Gasteiger partial charge < -0.3 is 9.64 Å². The SMILES string of the molecule is c1ccc(-c2ccc(N(c3ccc4ccccc4c3)c3cccc4c3-c3cc(-c5ccccc5)ccc3-c3cc5ccccc5cc3O4)cc2)cc1. The molecule has 1 aliphatic rings. The maximum Gasteiger partial charge on any atom is 0.137 e. The molecule has 10 rings (SSSR count). The van der Waals surface area contributed by atoms with Crippen LogP contribution >= 0.6 is 0 Å². The van der Waals surface area contributed by atoms with Crippen LogP contribution in [0.3, 0.4) is 0 Å². The van der Waals surface area contributed by atoms with Gasteiger partial charge in [0.25, 0.3) is 0 Å². The highest BCUT2D eigenvalue weighted by Crippen LogP contribution is 2.54. The fraction of sp³-hybridized carbons (Fsp3) is 0. The lowest BCUT2D eigenvalue weighted by Crippen LogP contribution is -2.11. The molecule has 0 saturated carbocycles. The molecule has 9 aromatic carbocycles. The van der Waals surface area contributed by atoms with E-state index in [1.165, 1.54) is 32.8 Å². The van der Waals surface area contributed by atoms with Crippen molar-refractivity contribution in [2.75, 3.05) is 4.90 Å². The van der Waals surface area contributed by atoms with Gasteiger partial charge in [-0.1, -0.05) is 146 Å². The Morgan fingerprint density at radius 2 is 0.885 bits per heavy atom. The zero-order chi connectivity index (χ0) is 34.4. The van der Waals surface area contributed by atoms with Crippen LogP contribution in [0.4, 0.5) is 17.1 Å². The summed E-state index contributed by atoms with van der Waals surface area (Å²) in [7, 11) is 0. The van der Waals surface area contributed by atoms with Crippen LogP contribution in [0.5, 0.6) is 11.5 Å². The molecule has 52 heavy (non-hydrogen) atoms. The zero-order valence-corrected chi connectivity index (χ0v) is 28.4. The second kappa shape index (κ2) is 12.5. The van der Waals surface area contributed by atoms with Crippen LogP contribution < -0.4 is 9.64 Å². The topological polar surface area (TPSA) is 12.5 Å². The van der Waals surface area contributed by atoms with E-state index in [0.29, 0.717) is 0 Å². The molecule has 2 nitrogen and oxygen atoms in total. The van der Waals surface area contributed by atoms with Gasteiger partial charge in [0.05, 0.1) is 5.69 Å². The van der Waals surface area contributed by atoms with Gasteiger partial charge in [0, 0.05) is 22.5 Å². The first kappa shape index (κ1) is 30.0. The summed E-state index contributed by atoms with van der Waals surface area (Å²) in [5, 5.41) is 4.74. The van der Waals surface area contributed by atoms with Gasteiger partial charge in [0.1, 0.15) is 11.5 Å². The molecule has 0 unspecified atom stereocenters. The van der Waals surface area contributed by atoms with E-state index in [1.54, 1.807) is 0 Å². The standard InChI is InChI=1S/C50H33NO/c1-3-12-34(13-4-1)37-22-26-42(27-23-37)51(43-28-24-36-16-7-8-17-38(36)30-43)47-20-11-21-48-50(47)46-32-41(35-14-5-2-6-15-35)25-29-44(46)45-31-39-18-9-10-19-40(39)33-49(45)52-48/h1-33H. The number of benzene rings is 9. The lowest BCUT2D eigenvalue weighted by atomic mass is 9.89. The van der Waals surface area contributed by atoms with Crippen LogP contribution in [-0.4, -0.2) is 0 Å². The van der Waals surface area contributed by atoms with Gasteiger partial charge >= 0.3 is 0 Å². The minimum Gasteiger partial charge on any atom is -0.456 e. The molecule has 0 atom stereocenters. The van der Waals surface area contributed by atoms with E-state index in [4.69, 9.17) is 4.74 Å². The van der Waals surface area contributed by atoms with Gasteiger partial charge in [-0.3, -0.25) is 0 Å². The second-order valence-corrected chi connectivity index (χ2v) is 13.4. The van der Waals surface area contributed by atoms with Crippen LogP contribution in [-0.2, 0) is 0 Å². The molecular formula is C50H33NO. The van der Waals surface area contributed by atoms with Crippen molar-refractivity contribution in [1.29, 1.82) is 0 Å². The summed E-state index contributed by atoms with van der Waals surface area (Å²) < 4.78 is 7.02. The Balaban J connectivity index is 1.24. The van der Waals surface area contributed by atoms with Gasteiger partial charge in [0.2, 0.25) is 0 Å². The highest BCUT2D eigenvalue weighted by molar-refractivity contribution is 6.03. The highest BCUT2D eigenvalue weighted by atomic mass is 16.5. The third-order valence-electron chi connectivity index (χ3n) is 10.2. The van der Waals surface area contributed by atoms with Crippen LogP contribution in [0.25, 0.3) is 66.1 Å². The number of anilines is 3. The number of fused-ring (bicyclic) bond motifs is 7. The van der Waals surface area contributed by atoms with E-state index in [9.17, 15) is 0 Å². The minimum absolute atomic E-state index is 0.824. The van der Waals surface area contributed by atoms with Gasteiger partial charge in [-0.2, -0.15) is 0 Å². The average Bonchev–Trinajstić information content (AvgIpc) is 3.35. The predicted octanol–water partition coefficient (Wildman–Crippen LogP) is 14.2. The Labute approximate surface area is 303 Å². The van der Waals surface area contributed by atoms with E-state index in [-0.39, 0.29) is 0 Å². The smallest absolute Gasteiger partial charge is 0.137 e. The lowest BCUT2D eigenvalue weighted by Gasteiger charge is -2.29. The third kappa shape index (κ3) is 5.21. The Kier molecular flexibility index (Phi) is 7.18. The van der Waals surface area contributed by atoms with Crippen molar-refractivity contribution >= 4 is 38.6 Å². The lowest BCUT2D eigenvalue weighted by molar-refractivity contribution is 0.488. The summed E-state index contributed by atoms with van der Waals surface area (Å²) in [6.45, 7) is 0. The van der Waals surface area contributed by atoms with Gasteiger partial charge in [-0.15, -0.1) is 0 Å². The minimum atomic E-state index is 0.824. The first-order valence-corrected chi connectivity index (χ1v) is 17.8. The molecule has 1 aliphatic heterocycles. The fourth-order valence-electron chi connectivity index (χ4n) is 7.67. The molecule has 0 aromatic heterocycles. The van der Waals surface area contributed by atoms with E-state index >= 15 is 0 Å². The number of rotatable bonds is 5. The number of hydrogen-bond acceptors (Lipinski definition) is 2. The molecule has 0 saturated heterocycles. The Hall–Kier alpha value is -6.90. The second-order valence-electron chi connectivity index (χ2n) is 13.4. The Bertz CT molecular complexity index is 2750. The molecule has 9 aromatic rings. The third-order valence-corrected chi connectivity index (χ3v) is 10.2. The molecule has 0 aliphatic carbocycles. The quantitative estimate of drug-likeness (QED) is 0.182. The summed E-state index contributed by atoms with van der Waals surface area (Å²) >= 11 is 0. The first-order valence-electron chi connectivity index (χ1n) is 17.8. The van der Waals surface area contributed by atoms with Crippen molar-refractivity contribution in [2.24, 2.45) is 0 Å². The van der Waals surface area contributed by atoms with E-state index < -0.39 is 0 Å². The molecule has 2 heteroatoms. The molecule has 0 fully saturated rings. The van der Waals surface area contributed by atoms with Crippen molar-refractivity contribution in [3.05, 3.63) is 200 Å². The molecule has 0 N–H and O–H groups in total. The molecule has 0 bridgehead atoms. The number of ether oxygens (including phenoxy) is 1. The Morgan fingerprint density at radius 1 is 0.308 bits per heavy atom. The van der Waals surface area contributed by atoms with E-state index in [0.717, 1.165) is 61.8 Å². The molecule has 0 amide bonds. The van der Waals surface area contributed by atoms with Crippen LogP contribution in [0.15, 0.2) is 200 Å². The van der Waals surface area contributed by atoms with Crippen LogP contribution in [0.2, 0.25) is 0 Å². The first-order chi connectivity index (χ1) is 25.8. The molecule has 0 spiro atoms. The summed E-state index contributed by atoms with van der Waals surface area (Å²) in [5.74, 6) is 1.68. The summed E-state index contributed by atoms with van der Waals surface area (Å²) in [6.07, 6.45) is 0. The maximum atomic E-state index is 7.02. The number of nitrogens with zero attached hydrogens (tertiary/aromatic N) is 1. The van der Waals surface area contributed by atoms with Crippen molar-refractivity contribution in [3.63, 3.8) is 0 Å². The van der Waals surface area contributed by atoms with Crippen molar-refractivity contribution in [3.8, 4) is 56.0 Å². The fourth-order valence-corrected chi connectivity index (χ4v) is 7.67. The van der Waals surface area contributed by atoms with Crippen molar-refractivity contribution in [1.82, 2.24) is 0 Å². The summed E-state index contributed by atoms with van der Waals surface area (Å²) in [6, 6.07) is 71.7. The van der Waals surface area contributed by atoms with Gasteiger partial charge in [0.15, 0.2) is 0 Å². The average molecular weight is 664 g/mol.